The molecule has 0 atom stereocenters. The van der Waals surface area contributed by atoms with Gasteiger partial charge in [-0.3, -0.25) is 4.79 Å². The fraction of sp³-hybridized carbons (Fsp3) is 0.438. The van der Waals surface area contributed by atoms with Gasteiger partial charge in [-0.25, -0.2) is 0 Å². The van der Waals surface area contributed by atoms with Crippen LogP contribution in [0.3, 0.4) is 0 Å². The van der Waals surface area contributed by atoms with Gasteiger partial charge in [-0.05, 0) is 48.4 Å². The van der Waals surface area contributed by atoms with Crippen molar-refractivity contribution in [3.05, 3.63) is 35.9 Å². The Hall–Kier alpha value is -1.81. The number of hydrogen-bond acceptors (Lipinski definition) is 3. The Labute approximate surface area is 120 Å². The highest BCUT2D eigenvalue weighted by atomic mass is 16.5. The number of carbonyl (C=O) groups excluding carboxylic acids is 1. The first-order chi connectivity index (χ1) is 9.63. The number of nitrogen functional groups attached to an aromatic ring is 1. The van der Waals surface area contributed by atoms with Crippen LogP contribution in [0, 0.1) is 5.41 Å². The predicted molar refractivity (Wildman–Crippen MR) is 81.1 cm³/mol. The maximum absolute atomic E-state index is 11.8. The summed E-state index contributed by atoms with van der Waals surface area (Å²) in [5.74, 6) is -0.0592. The Balaban J connectivity index is 1.78. The quantitative estimate of drug-likeness (QED) is 0.592. The van der Waals surface area contributed by atoms with E-state index in [1.807, 2.05) is 24.3 Å². The minimum Gasteiger partial charge on any atom is -0.399 e. The highest BCUT2D eigenvalue weighted by Gasteiger charge is 2.41. The normalized spacial score (nSPS) is 16.2. The van der Waals surface area contributed by atoms with Crippen LogP contribution in [0.2, 0.25) is 0 Å². The number of nitrogens with one attached hydrogen (secondary N) is 1. The first-order valence-corrected chi connectivity index (χ1v) is 6.94. The summed E-state index contributed by atoms with van der Waals surface area (Å²) < 4.78 is 5.10. The van der Waals surface area contributed by atoms with Crippen LogP contribution in [0.5, 0.6) is 0 Å². The Bertz CT molecular complexity index is 493. The van der Waals surface area contributed by atoms with Gasteiger partial charge in [0.1, 0.15) is 0 Å². The molecule has 1 fully saturated rings. The lowest BCUT2D eigenvalue weighted by atomic mass is 10.0. The minimum atomic E-state index is -0.0592. The fourth-order valence-corrected chi connectivity index (χ4v) is 2.18. The van der Waals surface area contributed by atoms with E-state index in [4.69, 9.17) is 10.5 Å². The second-order valence-electron chi connectivity index (χ2n) is 5.46. The topological polar surface area (TPSA) is 64.3 Å². The molecule has 0 aliphatic heterocycles. The average molecular weight is 274 g/mol. The molecule has 20 heavy (non-hydrogen) atoms. The van der Waals surface area contributed by atoms with Crippen molar-refractivity contribution in [2.45, 2.75) is 19.3 Å². The molecule has 0 spiro atoms. The third-order valence-electron chi connectivity index (χ3n) is 3.77. The number of nitrogens with two attached hydrogens (primary N) is 1. The number of hydrogen-bond donors (Lipinski definition) is 2. The third kappa shape index (κ3) is 4.38. The van der Waals surface area contributed by atoms with Crippen LogP contribution in [-0.4, -0.2) is 26.2 Å². The monoisotopic (exact) mass is 274 g/mol. The summed E-state index contributed by atoms with van der Waals surface area (Å²) in [6.07, 6.45) is 6.70. The molecule has 2 rings (SSSR count). The van der Waals surface area contributed by atoms with Gasteiger partial charge in [0.15, 0.2) is 0 Å². The highest BCUT2D eigenvalue weighted by Crippen LogP contribution is 2.48. The van der Waals surface area contributed by atoms with Crippen molar-refractivity contribution in [3.63, 3.8) is 0 Å². The lowest BCUT2D eigenvalue weighted by molar-refractivity contribution is -0.116. The largest absolute Gasteiger partial charge is 0.399 e. The smallest absolute Gasteiger partial charge is 0.244 e. The number of rotatable bonds is 7. The zero-order valence-corrected chi connectivity index (χ0v) is 11.9. The number of amides is 1. The molecule has 3 N–H and O–H groups in total. The average Bonchev–Trinajstić information content (AvgIpc) is 3.21. The van der Waals surface area contributed by atoms with Gasteiger partial charge < -0.3 is 15.8 Å². The third-order valence-corrected chi connectivity index (χ3v) is 3.77. The molecule has 1 saturated carbocycles. The number of anilines is 1. The molecule has 4 nitrogen and oxygen atoms in total. The van der Waals surface area contributed by atoms with Crippen LogP contribution in [0.25, 0.3) is 6.08 Å². The van der Waals surface area contributed by atoms with Gasteiger partial charge in [-0.1, -0.05) is 12.1 Å². The van der Waals surface area contributed by atoms with Crippen LogP contribution in [-0.2, 0) is 9.53 Å². The van der Waals surface area contributed by atoms with Gasteiger partial charge in [0.2, 0.25) is 5.91 Å². The zero-order chi connectivity index (χ0) is 14.4. The van der Waals surface area contributed by atoms with E-state index >= 15 is 0 Å². The van der Waals surface area contributed by atoms with Crippen LogP contribution < -0.4 is 11.1 Å². The predicted octanol–water partition coefficient (Wildman–Crippen LogP) is 2.21. The molecule has 1 aliphatic carbocycles. The van der Waals surface area contributed by atoms with Crippen molar-refractivity contribution in [2.75, 3.05) is 26.0 Å². The minimum absolute atomic E-state index is 0.0592. The Morgan fingerprint density at radius 1 is 1.50 bits per heavy atom. The van der Waals surface area contributed by atoms with E-state index in [1.165, 1.54) is 12.8 Å². The van der Waals surface area contributed by atoms with E-state index < -0.39 is 0 Å². The van der Waals surface area contributed by atoms with Crippen molar-refractivity contribution < 1.29 is 9.53 Å². The van der Waals surface area contributed by atoms with Gasteiger partial charge >= 0.3 is 0 Å². The molecule has 0 saturated heterocycles. The van der Waals surface area contributed by atoms with Gasteiger partial charge in [-0.2, -0.15) is 0 Å². The summed E-state index contributed by atoms with van der Waals surface area (Å²) in [4.78, 5) is 11.8. The maximum atomic E-state index is 11.8. The van der Waals surface area contributed by atoms with Crippen molar-refractivity contribution in [1.29, 1.82) is 0 Å². The van der Waals surface area contributed by atoms with Crippen LogP contribution in [0.4, 0.5) is 5.69 Å². The summed E-state index contributed by atoms with van der Waals surface area (Å²) in [6, 6.07) is 7.45. The Morgan fingerprint density at radius 3 is 2.95 bits per heavy atom. The summed E-state index contributed by atoms with van der Waals surface area (Å²) in [7, 11) is 1.71. The van der Waals surface area contributed by atoms with E-state index in [9.17, 15) is 4.79 Å². The lowest BCUT2D eigenvalue weighted by Gasteiger charge is -2.14. The molecule has 0 bridgehead atoms. The van der Waals surface area contributed by atoms with Crippen molar-refractivity contribution >= 4 is 17.7 Å². The van der Waals surface area contributed by atoms with E-state index in [0.29, 0.717) is 5.69 Å². The SMILES string of the molecule is COCCC1(CNC(=O)/C=C/c2cccc(N)c2)CC1. The van der Waals surface area contributed by atoms with E-state index in [0.717, 1.165) is 25.1 Å². The van der Waals surface area contributed by atoms with Gasteiger partial charge in [0, 0.05) is 32.0 Å². The number of ether oxygens (including phenoxy) is 1. The molecule has 1 amide bonds. The van der Waals surface area contributed by atoms with Gasteiger partial charge in [0.05, 0.1) is 0 Å². The van der Waals surface area contributed by atoms with E-state index in [-0.39, 0.29) is 11.3 Å². The highest BCUT2D eigenvalue weighted by molar-refractivity contribution is 5.91. The molecule has 4 heteroatoms. The van der Waals surface area contributed by atoms with Crippen LogP contribution in [0.1, 0.15) is 24.8 Å². The second kappa shape index (κ2) is 6.57. The van der Waals surface area contributed by atoms with E-state index in [1.54, 1.807) is 19.3 Å². The van der Waals surface area contributed by atoms with Gasteiger partial charge in [-0.15, -0.1) is 0 Å². The molecule has 108 valence electrons. The molecule has 1 aliphatic rings. The first-order valence-electron chi connectivity index (χ1n) is 6.94. The van der Waals surface area contributed by atoms with Crippen molar-refractivity contribution in [1.82, 2.24) is 5.32 Å². The number of carbonyl (C=O) groups is 1. The van der Waals surface area contributed by atoms with Crippen LogP contribution >= 0.6 is 0 Å². The van der Waals surface area contributed by atoms with E-state index in [2.05, 4.69) is 5.32 Å². The molecule has 0 aromatic heterocycles. The second-order valence-corrected chi connectivity index (χ2v) is 5.46. The van der Waals surface area contributed by atoms with Crippen molar-refractivity contribution in [3.8, 4) is 0 Å². The molecule has 0 heterocycles. The summed E-state index contributed by atoms with van der Waals surface area (Å²) in [6.45, 7) is 1.49. The number of benzene rings is 1. The maximum Gasteiger partial charge on any atom is 0.244 e. The number of methoxy groups -OCH3 is 1. The lowest BCUT2D eigenvalue weighted by Crippen LogP contribution is -2.29. The zero-order valence-electron chi connectivity index (χ0n) is 11.9. The Morgan fingerprint density at radius 2 is 2.30 bits per heavy atom. The molecule has 0 unspecified atom stereocenters. The summed E-state index contributed by atoms with van der Waals surface area (Å²) in [5, 5.41) is 2.97. The van der Waals surface area contributed by atoms with Crippen LogP contribution in [0.15, 0.2) is 30.3 Å². The summed E-state index contributed by atoms with van der Waals surface area (Å²) in [5.41, 5.74) is 7.59. The first kappa shape index (κ1) is 14.6. The Kier molecular flexibility index (Phi) is 4.79. The summed E-state index contributed by atoms with van der Waals surface area (Å²) >= 11 is 0. The standard InChI is InChI=1S/C16H22N2O2/c1-20-10-9-16(7-8-16)12-18-15(19)6-5-13-3-2-4-14(17)11-13/h2-6,11H,7-10,12,17H2,1H3,(H,18,19)/b6-5+. The molecule has 1 aromatic rings. The molecule has 1 aromatic carbocycles. The molecular formula is C16H22N2O2. The fourth-order valence-electron chi connectivity index (χ4n) is 2.18. The molecule has 0 radical (unpaired) electrons. The van der Waals surface area contributed by atoms with Gasteiger partial charge in [0.25, 0.3) is 0 Å². The van der Waals surface area contributed by atoms with Crippen molar-refractivity contribution in [2.24, 2.45) is 5.41 Å². The molecular weight excluding hydrogens is 252 g/mol.